The molecule has 12 heteroatoms. The van der Waals surface area contributed by atoms with Crippen molar-refractivity contribution in [1.82, 2.24) is 10.2 Å². The lowest BCUT2D eigenvalue weighted by Crippen LogP contribution is -2.52. The summed E-state index contributed by atoms with van der Waals surface area (Å²) in [5.74, 6) is -1.12. The second kappa shape index (κ2) is 11.9. The summed E-state index contributed by atoms with van der Waals surface area (Å²) in [6.45, 7) is 2.65. The molecular formula is C26H31ClF3N3O4S. The highest BCUT2D eigenvalue weighted by Crippen LogP contribution is 2.37. The molecule has 7 nitrogen and oxygen atoms in total. The zero-order valence-electron chi connectivity index (χ0n) is 21.4. The summed E-state index contributed by atoms with van der Waals surface area (Å²) in [6.07, 6.45) is -0.368. The van der Waals surface area contributed by atoms with Crippen molar-refractivity contribution < 1.29 is 31.2 Å². The first-order chi connectivity index (χ1) is 17.7. The summed E-state index contributed by atoms with van der Waals surface area (Å²) in [6, 6.07) is 8.95. The fourth-order valence-electron chi connectivity index (χ4n) is 4.36. The van der Waals surface area contributed by atoms with E-state index in [0.717, 1.165) is 49.6 Å². The number of halogens is 4. The Morgan fingerprint density at radius 1 is 1.11 bits per heavy atom. The molecule has 1 aliphatic carbocycles. The van der Waals surface area contributed by atoms with Gasteiger partial charge in [0.05, 0.1) is 22.5 Å². The van der Waals surface area contributed by atoms with Crippen LogP contribution in [-0.4, -0.2) is 50.0 Å². The van der Waals surface area contributed by atoms with Crippen LogP contribution in [0.1, 0.15) is 49.3 Å². The molecule has 0 saturated heterocycles. The molecule has 0 aromatic heterocycles. The molecule has 1 N–H and O–H groups in total. The van der Waals surface area contributed by atoms with Crippen LogP contribution in [0.5, 0.6) is 0 Å². The molecule has 0 heterocycles. The maximum atomic E-state index is 13.6. The Morgan fingerprint density at radius 3 is 2.26 bits per heavy atom. The Hall–Kier alpha value is -2.79. The van der Waals surface area contributed by atoms with Gasteiger partial charge in [-0.05, 0) is 50.5 Å². The van der Waals surface area contributed by atoms with Crippen molar-refractivity contribution in [3.05, 3.63) is 64.2 Å². The molecule has 1 saturated carbocycles. The molecule has 0 radical (unpaired) electrons. The van der Waals surface area contributed by atoms with Gasteiger partial charge in [0.2, 0.25) is 21.8 Å². The maximum Gasteiger partial charge on any atom is 0.417 e. The predicted octanol–water partition coefficient (Wildman–Crippen LogP) is 4.91. The lowest BCUT2D eigenvalue weighted by atomic mass is 10.1. The molecule has 0 bridgehead atoms. The first-order valence-electron chi connectivity index (χ1n) is 12.2. The minimum Gasteiger partial charge on any atom is -0.352 e. The van der Waals surface area contributed by atoms with Gasteiger partial charge in [0.15, 0.2) is 0 Å². The number of nitrogens with zero attached hydrogens (tertiary/aromatic N) is 2. The number of alkyl halides is 3. The number of rotatable bonds is 9. The summed E-state index contributed by atoms with van der Waals surface area (Å²) >= 11 is 5.70. The number of hydrogen-bond acceptors (Lipinski definition) is 4. The first-order valence-corrected chi connectivity index (χ1v) is 14.4. The van der Waals surface area contributed by atoms with Crippen molar-refractivity contribution in [2.24, 2.45) is 0 Å². The van der Waals surface area contributed by atoms with Gasteiger partial charge in [-0.2, -0.15) is 13.2 Å². The first kappa shape index (κ1) is 29.8. The molecule has 38 heavy (non-hydrogen) atoms. The number of nitrogens with one attached hydrogen (secondary N) is 1. The van der Waals surface area contributed by atoms with Crippen LogP contribution >= 0.6 is 11.6 Å². The molecule has 3 rings (SSSR count). The zero-order valence-corrected chi connectivity index (χ0v) is 23.0. The van der Waals surface area contributed by atoms with Gasteiger partial charge in [0.25, 0.3) is 0 Å². The molecule has 2 amide bonds. The highest BCUT2D eigenvalue weighted by atomic mass is 35.5. The molecule has 1 fully saturated rings. The van der Waals surface area contributed by atoms with Crippen molar-refractivity contribution in [2.75, 3.05) is 17.1 Å². The van der Waals surface area contributed by atoms with Gasteiger partial charge in [-0.25, -0.2) is 8.42 Å². The Labute approximate surface area is 226 Å². The number of carbonyl (C=O) groups is 2. The highest BCUT2D eigenvalue weighted by molar-refractivity contribution is 7.92. The van der Waals surface area contributed by atoms with Crippen LogP contribution in [0.15, 0.2) is 42.5 Å². The molecule has 0 spiro atoms. The number of anilines is 1. The van der Waals surface area contributed by atoms with E-state index < -0.39 is 45.3 Å². The van der Waals surface area contributed by atoms with Crippen molar-refractivity contribution in [2.45, 2.75) is 64.3 Å². The quantitative estimate of drug-likeness (QED) is 0.462. The number of benzene rings is 2. The topological polar surface area (TPSA) is 86.8 Å². The van der Waals surface area contributed by atoms with Gasteiger partial charge < -0.3 is 10.2 Å². The summed E-state index contributed by atoms with van der Waals surface area (Å²) < 4.78 is 66.2. The average molecular weight is 574 g/mol. The van der Waals surface area contributed by atoms with E-state index in [0.29, 0.717) is 15.9 Å². The molecule has 2 aromatic rings. The fraction of sp³-hybridized carbons (Fsp3) is 0.462. The molecular weight excluding hydrogens is 543 g/mol. The summed E-state index contributed by atoms with van der Waals surface area (Å²) in [4.78, 5) is 27.9. The van der Waals surface area contributed by atoms with E-state index in [1.54, 1.807) is 19.1 Å². The Morgan fingerprint density at radius 2 is 1.71 bits per heavy atom. The van der Waals surface area contributed by atoms with E-state index in [4.69, 9.17) is 11.6 Å². The minimum absolute atomic E-state index is 0.00338. The minimum atomic E-state index is -4.83. The second-order valence-corrected chi connectivity index (χ2v) is 11.9. The van der Waals surface area contributed by atoms with E-state index in [1.807, 2.05) is 19.1 Å². The van der Waals surface area contributed by atoms with E-state index in [1.165, 1.54) is 4.90 Å². The summed E-state index contributed by atoms with van der Waals surface area (Å²) in [5.41, 5.74) is 0.112. The van der Waals surface area contributed by atoms with E-state index in [2.05, 4.69) is 5.32 Å². The highest BCUT2D eigenvalue weighted by Gasteiger charge is 2.36. The van der Waals surface area contributed by atoms with Gasteiger partial charge in [0.1, 0.15) is 12.6 Å². The molecule has 2 aromatic carbocycles. The average Bonchev–Trinajstić information content (AvgIpc) is 3.33. The smallest absolute Gasteiger partial charge is 0.352 e. The van der Waals surface area contributed by atoms with Gasteiger partial charge in [0, 0.05) is 12.6 Å². The van der Waals surface area contributed by atoms with Gasteiger partial charge in [-0.1, -0.05) is 54.3 Å². The molecule has 0 unspecified atom stereocenters. The number of aryl methyl sites for hydroxylation is 1. The fourth-order valence-corrected chi connectivity index (χ4v) is 5.43. The number of amides is 2. The number of carbonyl (C=O) groups excluding carboxylic acids is 2. The summed E-state index contributed by atoms with van der Waals surface area (Å²) in [5, 5.41) is 2.35. The van der Waals surface area contributed by atoms with E-state index in [-0.39, 0.29) is 24.2 Å². The van der Waals surface area contributed by atoms with Crippen LogP contribution in [0.2, 0.25) is 5.02 Å². The van der Waals surface area contributed by atoms with Crippen molar-refractivity contribution >= 4 is 39.1 Å². The van der Waals surface area contributed by atoms with Crippen LogP contribution in [0.3, 0.4) is 0 Å². The van der Waals surface area contributed by atoms with Crippen LogP contribution in [0.25, 0.3) is 0 Å². The third-order valence-corrected chi connectivity index (χ3v) is 8.04. The standard InChI is InChI=1S/C26H31ClF3N3O4S/c1-17-8-10-19(11-9-17)15-32(18(2)25(35)31-20-6-4-5-7-20)24(34)16-33(38(3,36)37)21-12-13-23(27)22(14-21)26(28,29)30/h8-14,18,20H,4-7,15-16H2,1-3H3,(H,31,35)/t18-/m1/s1. The lowest BCUT2D eigenvalue weighted by molar-refractivity contribution is -0.139. The largest absolute Gasteiger partial charge is 0.417 e. The monoisotopic (exact) mass is 573 g/mol. The molecule has 0 aliphatic heterocycles. The van der Waals surface area contributed by atoms with Crippen LogP contribution < -0.4 is 9.62 Å². The van der Waals surface area contributed by atoms with Crippen molar-refractivity contribution in [3.8, 4) is 0 Å². The normalized spacial score (nSPS) is 15.2. The maximum absolute atomic E-state index is 13.6. The van der Waals surface area contributed by atoms with Gasteiger partial charge in [-0.15, -0.1) is 0 Å². The van der Waals surface area contributed by atoms with Gasteiger partial charge in [-0.3, -0.25) is 13.9 Å². The zero-order chi connectivity index (χ0) is 28.3. The predicted molar refractivity (Wildman–Crippen MR) is 140 cm³/mol. The van der Waals surface area contributed by atoms with Crippen LogP contribution in [-0.2, 0) is 32.3 Å². The SMILES string of the molecule is Cc1ccc(CN(C(=O)CN(c2ccc(Cl)c(C(F)(F)F)c2)S(C)(=O)=O)[C@H](C)C(=O)NC2CCCC2)cc1. The Balaban J connectivity index is 1.93. The number of hydrogen-bond donors (Lipinski definition) is 1. The van der Waals surface area contributed by atoms with Crippen molar-refractivity contribution in [3.63, 3.8) is 0 Å². The van der Waals surface area contributed by atoms with Crippen LogP contribution in [0, 0.1) is 6.92 Å². The number of sulfonamides is 1. The Kier molecular flexibility index (Phi) is 9.35. The lowest BCUT2D eigenvalue weighted by Gasteiger charge is -2.32. The molecule has 1 aliphatic rings. The third kappa shape index (κ3) is 7.63. The second-order valence-electron chi connectivity index (χ2n) is 9.60. The molecule has 208 valence electrons. The van der Waals surface area contributed by atoms with Gasteiger partial charge >= 0.3 is 6.18 Å². The summed E-state index contributed by atoms with van der Waals surface area (Å²) in [7, 11) is -4.19. The Bertz CT molecular complexity index is 1260. The molecule has 1 atom stereocenters. The van der Waals surface area contributed by atoms with E-state index >= 15 is 0 Å². The third-order valence-electron chi connectivity index (χ3n) is 6.56. The van der Waals surface area contributed by atoms with E-state index in [9.17, 15) is 31.2 Å². The van der Waals surface area contributed by atoms with Crippen molar-refractivity contribution in [1.29, 1.82) is 0 Å². The van der Waals surface area contributed by atoms with Crippen LogP contribution in [0.4, 0.5) is 18.9 Å².